The molecule has 1 aromatic rings. The van der Waals surface area contributed by atoms with Crippen molar-refractivity contribution < 1.29 is 4.79 Å². The van der Waals surface area contributed by atoms with E-state index in [0.29, 0.717) is 17.8 Å². The van der Waals surface area contributed by atoms with E-state index in [1.807, 2.05) is 19.1 Å². The van der Waals surface area contributed by atoms with Gasteiger partial charge in [0.25, 0.3) is 0 Å². The molecule has 2 rings (SSSR count). The number of piperidine rings is 1. The molecule has 5 heteroatoms. The molecule has 102 valence electrons. The zero-order chi connectivity index (χ0) is 14.6. The quantitative estimate of drug-likeness (QED) is 0.855. The summed E-state index contributed by atoms with van der Waals surface area (Å²) in [6.07, 6.45) is 1.81. The van der Waals surface area contributed by atoms with Crippen LogP contribution in [0.25, 0.3) is 0 Å². The molecule has 0 radical (unpaired) electrons. The molecule has 1 amide bonds. The van der Waals surface area contributed by atoms with Crippen molar-refractivity contribution in [1.82, 2.24) is 5.32 Å². The molecule has 5 nitrogen and oxygen atoms in total. The molecule has 1 aliphatic heterocycles. The van der Waals surface area contributed by atoms with Crippen molar-refractivity contribution in [2.24, 2.45) is 5.41 Å². The summed E-state index contributed by atoms with van der Waals surface area (Å²) in [6, 6.07) is 8.65. The molecule has 1 atom stereocenters. The van der Waals surface area contributed by atoms with Gasteiger partial charge in [-0.1, -0.05) is 0 Å². The normalized spacial score (nSPS) is 21.6. The Hall–Kier alpha value is -2.37. The van der Waals surface area contributed by atoms with Crippen molar-refractivity contribution >= 4 is 11.6 Å². The smallest absolute Gasteiger partial charge is 0.231 e. The van der Waals surface area contributed by atoms with E-state index in [2.05, 4.69) is 10.6 Å². The van der Waals surface area contributed by atoms with Crippen LogP contribution in [0.3, 0.4) is 0 Å². The summed E-state index contributed by atoms with van der Waals surface area (Å²) in [7, 11) is 0. The molecule has 0 aliphatic carbocycles. The van der Waals surface area contributed by atoms with E-state index in [1.165, 1.54) is 6.07 Å². The molecule has 1 unspecified atom stereocenters. The number of rotatable bonds is 2. The fourth-order valence-electron chi connectivity index (χ4n) is 2.34. The molecular weight excluding hydrogens is 252 g/mol. The van der Waals surface area contributed by atoms with Crippen molar-refractivity contribution in [3.8, 4) is 12.1 Å². The maximum Gasteiger partial charge on any atom is 0.231 e. The summed E-state index contributed by atoms with van der Waals surface area (Å²) in [5, 5.41) is 23.9. The number of anilines is 1. The predicted molar refractivity (Wildman–Crippen MR) is 74.7 cm³/mol. The second-order valence-corrected chi connectivity index (χ2v) is 5.28. The van der Waals surface area contributed by atoms with Gasteiger partial charge in [0.2, 0.25) is 5.91 Å². The number of carbonyl (C=O) groups is 1. The van der Waals surface area contributed by atoms with E-state index in [9.17, 15) is 4.79 Å². The van der Waals surface area contributed by atoms with Crippen molar-refractivity contribution in [1.29, 1.82) is 10.5 Å². The molecule has 0 spiro atoms. The van der Waals surface area contributed by atoms with Crippen molar-refractivity contribution in [2.45, 2.75) is 19.8 Å². The van der Waals surface area contributed by atoms with Gasteiger partial charge in [0.05, 0.1) is 16.5 Å². The van der Waals surface area contributed by atoms with Gasteiger partial charge < -0.3 is 10.6 Å². The Morgan fingerprint density at radius 3 is 2.70 bits per heavy atom. The first-order chi connectivity index (χ1) is 9.59. The van der Waals surface area contributed by atoms with Crippen molar-refractivity contribution in [3.05, 3.63) is 29.3 Å². The summed E-state index contributed by atoms with van der Waals surface area (Å²) in [5.74, 6) is -0.0571. The Bertz CT molecular complexity index is 603. The molecule has 1 heterocycles. The van der Waals surface area contributed by atoms with E-state index in [0.717, 1.165) is 19.4 Å². The third-order valence-corrected chi connectivity index (χ3v) is 3.66. The van der Waals surface area contributed by atoms with E-state index in [4.69, 9.17) is 10.5 Å². The fourth-order valence-corrected chi connectivity index (χ4v) is 2.34. The van der Waals surface area contributed by atoms with Crippen molar-refractivity contribution in [3.63, 3.8) is 0 Å². The molecule has 0 saturated carbocycles. The molecule has 2 N–H and O–H groups in total. The van der Waals surface area contributed by atoms with Crippen LogP contribution in [-0.4, -0.2) is 19.0 Å². The van der Waals surface area contributed by atoms with Gasteiger partial charge in [0, 0.05) is 12.2 Å². The number of hydrogen-bond donors (Lipinski definition) is 2. The first-order valence-corrected chi connectivity index (χ1v) is 6.55. The molecule has 0 bridgehead atoms. The van der Waals surface area contributed by atoms with E-state index >= 15 is 0 Å². The standard InChI is InChI=1S/C15H16N4O/c1-15(5-2-6-18-10-15)14(20)19-13-4-3-11(8-16)12(7-13)9-17/h3-4,7,18H,2,5-6,10H2,1H3,(H,19,20). The van der Waals surface area contributed by atoms with Crippen LogP contribution in [0, 0.1) is 28.1 Å². The summed E-state index contributed by atoms with van der Waals surface area (Å²) in [5.41, 5.74) is 0.712. The van der Waals surface area contributed by atoms with Crippen molar-refractivity contribution in [2.75, 3.05) is 18.4 Å². The van der Waals surface area contributed by atoms with Crippen LogP contribution in [0.1, 0.15) is 30.9 Å². The van der Waals surface area contributed by atoms with Gasteiger partial charge in [-0.15, -0.1) is 0 Å². The second kappa shape index (κ2) is 5.73. The SMILES string of the molecule is CC1(C(=O)Nc2ccc(C#N)c(C#N)c2)CCCNC1. The van der Waals surface area contributed by atoms with E-state index in [1.54, 1.807) is 12.1 Å². The maximum absolute atomic E-state index is 12.3. The number of hydrogen-bond acceptors (Lipinski definition) is 4. The lowest BCUT2D eigenvalue weighted by atomic mass is 9.82. The first kappa shape index (κ1) is 14.0. The summed E-state index contributed by atoms with van der Waals surface area (Å²) in [6.45, 7) is 3.53. The average molecular weight is 268 g/mol. The fraction of sp³-hybridized carbons (Fsp3) is 0.400. The molecule has 1 fully saturated rings. The Morgan fingerprint density at radius 2 is 2.10 bits per heavy atom. The third-order valence-electron chi connectivity index (χ3n) is 3.66. The van der Waals surface area contributed by atoms with Gasteiger partial charge in [-0.2, -0.15) is 10.5 Å². The zero-order valence-electron chi connectivity index (χ0n) is 11.4. The topological polar surface area (TPSA) is 88.7 Å². The highest BCUT2D eigenvalue weighted by atomic mass is 16.2. The van der Waals surface area contributed by atoms with E-state index < -0.39 is 5.41 Å². The Kier molecular flexibility index (Phi) is 4.02. The molecule has 1 aliphatic rings. The van der Waals surface area contributed by atoms with Gasteiger partial charge in [0.1, 0.15) is 12.1 Å². The molecule has 1 aromatic carbocycles. The van der Waals surface area contributed by atoms with Gasteiger partial charge >= 0.3 is 0 Å². The van der Waals surface area contributed by atoms with Crippen LogP contribution in [0.2, 0.25) is 0 Å². The Morgan fingerprint density at radius 1 is 1.35 bits per heavy atom. The number of benzene rings is 1. The van der Waals surface area contributed by atoms with Gasteiger partial charge in [0.15, 0.2) is 0 Å². The lowest BCUT2D eigenvalue weighted by molar-refractivity contribution is -0.125. The van der Waals surface area contributed by atoms with Crippen LogP contribution in [0.4, 0.5) is 5.69 Å². The van der Waals surface area contributed by atoms with Crippen LogP contribution in [0.5, 0.6) is 0 Å². The Balaban J connectivity index is 2.16. The lowest BCUT2D eigenvalue weighted by Gasteiger charge is -2.32. The van der Waals surface area contributed by atoms with Crippen LogP contribution in [0.15, 0.2) is 18.2 Å². The predicted octanol–water partition coefficient (Wildman–Crippen LogP) is 1.76. The number of carbonyl (C=O) groups excluding carboxylic acids is 1. The minimum Gasteiger partial charge on any atom is -0.326 e. The zero-order valence-corrected chi connectivity index (χ0v) is 11.4. The molecule has 20 heavy (non-hydrogen) atoms. The van der Waals surface area contributed by atoms with Gasteiger partial charge in [-0.25, -0.2) is 0 Å². The van der Waals surface area contributed by atoms with E-state index in [-0.39, 0.29) is 11.5 Å². The minimum absolute atomic E-state index is 0.0571. The first-order valence-electron chi connectivity index (χ1n) is 6.55. The number of amides is 1. The highest BCUT2D eigenvalue weighted by Crippen LogP contribution is 2.27. The average Bonchev–Trinajstić information content (AvgIpc) is 2.47. The van der Waals surface area contributed by atoms with Crippen LogP contribution in [-0.2, 0) is 4.79 Å². The number of nitriles is 2. The van der Waals surface area contributed by atoms with Gasteiger partial charge in [-0.05, 0) is 44.5 Å². The van der Waals surface area contributed by atoms with Crippen LogP contribution < -0.4 is 10.6 Å². The number of nitrogens with one attached hydrogen (secondary N) is 2. The lowest BCUT2D eigenvalue weighted by Crippen LogP contribution is -2.46. The highest BCUT2D eigenvalue weighted by molar-refractivity contribution is 5.95. The molecular formula is C15H16N4O. The Labute approximate surface area is 118 Å². The third kappa shape index (κ3) is 2.79. The van der Waals surface area contributed by atoms with Gasteiger partial charge in [-0.3, -0.25) is 4.79 Å². The van der Waals surface area contributed by atoms with Crippen LogP contribution >= 0.6 is 0 Å². The minimum atomic E-state index is -0.432. The second-order valence-electron chi connectivity index (χ2n) is 5.28. The monoisotopic (exact) mass is 268 g/mol. The number of nitrogens with zero attached hydrogens (tertiary/aromatic N) is 2. The summed E-state index contributed by atoms with van der Waals surface area (Å²) in [4.78, 5) is 12.3. The molecule has 0 aromatic heterocycles. The maximum atomic E-state index is 12.3. The highest BCUT2D eigenvalue weighted by Gasteiger charge is 2.34. The largest absolute Gasteiger partial charge is 0.326 e. The molecule has 1 saturated heterocycles. The summed E-state index contributed by atoms with van der Waals surface area (Å²) < 4.78 is 0. The summed E-state index contributed by atoms with van der Waals surface area (Å²) >= 11 is 0.